The molecule has 0 unspecified atom stereocenters. The number of hydrogen-bond donors (Lipinski definition) is 2. The fourth-order valence-corrected chi connectivity index (χ4v) is 3.75. The highest BCUT2D eigenvalue weighted by atomic mass is 35.5. The van der Waals surface area contributed by atoms with E-state index < -0.39 is 5.91 Å². The molecule has 1 heterocycles. The van der Waals surface area contributed by atoms with E-state index in [4.69, 9.17) is 16.3 Å². The van der Waals surface area contributed by atoms with Gasteiger partial charge >= 0.3 is 0 Å². The summed E-state index contributed by atoms with van der Waals surface area (Å²) in [6.07, 6.45) is 0. The average molecular weight is 375 g/mol. The van der Waals surface area contributed by atoms with Crippen LogP contribution in [0.15, 0.2) is 42.5 Å². The highest BCUT2D eigenvalue weighted by molar-refractivity contribution is 7.21. The Morgan fingerprint density at radius 1 is 1.08 bits per heavy atom. The van der Waals surface area contributed by atoms with Gasteiger partial charge in [0.1, 0.15) is 5.75 Å². The third-order valence-electron chi connectivity index (χ3n) is 3.75. The van der Waals surface area contributed by atoms with Crippen LogP contribution in [0.25, 0.3) is 10.1 Å². The first-order valence-corrected chi connectivity index (χ1v) is 8.63. The van der Waals surface area contributed by atoms with Crippen LogP contribution in [0.5, 0.6) is 5.75 Å². The molecule has 3 rings (SSSR count). The predicted molar refractivity (Wildman–Crippen MR) is 99.5 cm³/mol. The van der Waals surface area contributed by atoms with E-state index >= 15 is 0 Å². The van der Waals surface area contributed by atoms with Crippen molar-refractivity contribution in [2.45, 2.75) is 6.92 Å². The van der Waals surface area contributed by atoms with Crippen molar-refractivity contribution in [3.63, 3.8) is 0 Å². The normalized spacial score (nSPS) is 10.5. The van der Waals surface area contributed by atoms with Gasteiger partial charge in [0.05, 0.1) is 17.6 Å². The lowest BCUT2D eigenvalue weighted by Crippen LogP contribution is -2.41. The van der Waals surface area contributed by atoms with E-state index in [-0.39, 0.29) is 11.5 Å². The molecule has 0 saturated carbocycles. The quantitative estimate of drug-likeness (QED) is 0.682. The number of aryl methyl sites for hydroxylation is 1. The molecule has 0 aliphatic heterocycles. The third-order valence-corrected chi connectivity index (χ3v) is 5.25. The molecule has 128 valence electrons. The number of halogens is 1. The van der Waals surface area contributed by atoms with Crippen molar-refractivity contribution in [2.75, 3.05) is 7.11 Å². The number of hydrogen-bond acceptors (Lipinski definition) is 4. The molecule has 0 bridgehead atoms. The molecule has 1 aromatic heterocycles. The van der Waals surface area contributed by atoms with E-state index in [2.05, 4.69) is 10.9 Å². The number of nitrogens with one attached hydrogen (secondary N) is 2. The molecule has 0 spiro atoms. The number of rotatable bonds is 3. The van der Waals surface area contributed by atoms with E-state index in [1.807, 2.05) is 31.2 Å². The zero-order valence-corrected chi connectivity index (χ0v) is 15.1. The highest BCUT2D eigenvalue weighted by Gasteiger charge is 2.17. The van der Waals surface area contributed by atoms with Crippen LogP contribution >= 0.6 is 22.9 Å². The summed E-state index contributed by atoms with van der Waals surface area (Å²) < 4.78 is 6.17. The topological polar surface area (TPSA) is 67.4 Å². The monoisotopic (exact) mass is 374 g/mol. The molecule has 0 aliphatic carbocycles. The van der Waals surface area contributed by atoms with Crippen molar-refractivity contribution in [2.24, 2.45) is 0 Å². The van der Waals surface area contributed by atoms with Crippen molar-refractivity contribution in [1.29, 1.82) is 0 Å². The van der Waals surface area contributed by atoms with Gasteiger partial charge in [-0.05, 0) is 42.1 Å². The fraction of sp³-hybridized carbons (Fsp3) is 0.111. The maximum atomic E-state index is 12.4. The van der Waals surface area contributed by atoms with E-state index in [0.29, 0.717) is 15.6 Å². The van der Waals surface area contributed by atoms with Gasteiger partial charge in [0, 0.05) is 9.72 Å². The van der Waals surface area contributed by atoms with E-state index in [1.165, 1.54) is 30.6 Å². The molecule has 0 saturated heterocycles. The first kappa shape index (κ1) is 17.3. The Morgan fingerprint density at radius 3 is 2.52 bits per heavy atom. The highest BCUT2D eigenvalue weighted by Crippen LogP contribution is 2.30. The van der Waals surface area contributed by atoms with E-state index in [0.717, 1.165) is 15.6 Å². The molecule has 0 radical (unpaired) electrons. The Morgan fingerprint density at radius 2 is 1.80 bits per heavy atom. The first-order valence-electron chi connectivity index (χ1n) is 7.43. The summed E-state index contributed by atoms with van der Waals surface area (Å²) in [4.78, 5) is 25.3. The minimum atomic E-state index is -0.486. The summed E-state index contributed by atoms with van der Waals surface area (Å²) in [7, 11) is 1.45. The standard InChI is InChI=1S/C18H15ClN2O3S/c1-10-12-5-3-4-6-15(12)25-16(10)18(23)21-20-17(22)13-8-7-11(19)9-14(13)24-2/h3-9H,1-2H3,(H,20,22)(H,21,23). The van der Waals surface area contributed by atoms with Crippen LogP contribution in [0.1, 0.15) is 25.6 Å². The number of benzene rings is 2. The second kappa shape index (κ2) is 7.13. The van der Waals surface area contributed by atoms with Crippen LogP contribution in [-0.4, -0.2) is 18.9 Å². The summed E-state index contributed by atoms with van der Waals surface area (Å²) in [5.74, 6) is -0.516. The molecule has 0 atom stereocenters. The third kappa shape index (κ3) is 3.45. The zero-order chi connectivity index (χ0) is 18.0. The fourth-order valence-electron chi connectivity index (χ4n) is 2.48. The predicted octanol–water partition coefficient (Wildman–Crippen LogP) is 3.95. The SMILES string of the molecule is COc1cc(Cl)ccc1C(=O)NNC(=O)c1sc2ccccc2c1C. The van der Waals surface area contributed by atoms with Crippen molar-refractivity contribution in [3.05, 3.63) is 63.5 Å². The van der Waals surface area contributed by atoms with Gasteiger partial charge in [-0.1, -0.05) is 29.8 Å². The molecule has 7 heteroatoms. The summed E-state index contributed by atoms with van der Waals surface area (Å²) in [5.41, 5.74) is 6.02. The molecule has 5 nitrogen and oxygen atoms in total. The maximum Gasteiger partial charge on any atom is 0.280 e. The number of thiophene rings is 1. The number of amides is 2. The van der Waals surface area contributed by atoms with Gasteiger partial charge in [-0.15, -0.1) is 11.3 Å². The van der Waals surface area contributed by atoms with Crippen molar-refractivity contribution < 1.29 is 14.3 Å². The zero-order valence-electron chi connectivity index (χ0n) is 13.6. The molecular weight excluding hydrogens is 360 g/mol. The Bertz CT molecular complexity index is 968. The molecule has 0 aliphatic rings. The molecule has 25 heavy (non-hydrogen) atoms. The molecule has 2 aromatic carbocycles. The summed E-state index contributed by atoms with van der Waals surface area (Å²) in [6.45, 7) is 1.89. The van der Waals surface area contributed by atoms with Crippen LogP contribution in [0.3, 0.4) is 0 Å². The van der Waals surface area contributed by atoms with Crippen LogP contribution in [0.4, 0.5) is 0 Å². The van der Waals surface area contributed by atoms with Gasteiger partial charge in [-0.3, -0.25) is 20.4 Å². The summed E-state index contributed by atoms with van der Waals surface area (Å²) in [6, 6.07) is 12.4. The number of ether oxygens (including phenoxy) is 1. The molecule has 3 aromatic rings. The Balaban J connectivity index is 1.75. The van der Waals surface area contributed by atoms with E-state index in [1.54, 1.807) is 6.07 Å². The number of carbonyl (C=O) groups excluding carboxylic acids is 2. The van der Waals surface area contributed by atoms with Crippen LogP contribution < -0.4 is 15.6 Å². The van der Waals surface area contributed by atoms with Crippen molar-refractivity contribution in [1.82, 2.24) is 10.9 Å². The number of fused-ring (bicyclic) bond motifs is 1. The molecular formula is C18H15ClN2O3S. The van der Waals surface area contributed by atoms with Gasteiger partial charge in [0.25, 0.3) is 11.8 Å². The minimum absolute atomic E-state index is 0.278. The van der Waals surface area contributed by atoms with Gasteiger partial charge in [-0.2, -0.15) is 0 Å². The largest absolute Gasteiger partial charge is 0.496 e. The molecule has 2 N–H and O–H groups in total. The van der Waals surface area contributed by atoms with Crippen LogP contribution in [0.2, 0.25) is 5.02 Å². The lowest BCUT2D eigenvalue weighted by molar-refractivity contribution is 0.0847. The molecule has 0 fully saturated rings. The van der Waals surface area contributed by atoms with Crippen LogP contribution in [0, 0.1) is 6.92 Å². The number of carbonyl (C=O) groups is 2. The second-order valence-electron chi connectivity index (χ2n) is 5.31. The van der Waals surface area contributed by atoms with Gasteiger partial charge in [0.15, 0.2) is 0 Å². The van der Waals surface area contributed by atoms with Gasteiger partial charge < -0.3 is 4.74 Å². The van der Waals surface area contributed by atoms with Crippen molar-refractivity contribution >= 4 is 44.8 Å². The van der Waals surface area contributed by atoms with Crippen molar-refractivity contribution in [3.8, 4) is 5.75 Å². The van der Waals surface area contributed by atoms with E-state index in [9.17, 15) is 9.59 Å². The molecule has 2 amide bonds. The maximum absolute atomic E-state index is 12.4. The number of hydrazine groups is 1. The lowest BCUT2D eigenvalue weighted by atomic mass is 10.1. The Kier molecular flexibility index (Phi) is 4.92. The Hall–Kier alpha value is -2.57. The number of methoxy groups -OCH3 is 1. The second-order valence-corrected chi connectivity index (χ2v) is 6.79. The minimum Gasteiger partial charge on any atom is -0.496 e. The Labute approximate surface area is 153 Å². The summed E-state index contributed by atoms with van der Waals surface area (Å²) >= 11 is 7.27. The van der Waals surface area contributed by atoms with Crippen LogP contribution in [-0.2, 0) is 0 Å². The smallest absolute Gasteiger partial charge is 0.280 e. The first-order chi connectivity index (χ1) is 12.0. The van der Waals surface area contributed by atoms with Gasteiger partial charge in [0.2, 0.25) is 0 Å². The summed E-state index contributed by atoms with van der Waals surface area (Å²) in [5, 5.41) is 1.49. The lowest BCUT2D eigenvalue weighted by Gasteiger charge is -2.10. The van der Waals surface area contributed by atoms with Gasteiger partial charge in [-0.25, -0.2) is 0 Å². The average Bonchev–Trinajstić information content (AvgIpc) is 2.96.